The minimum Gasteiger partial charge on any atom is -0.340 e. The molecular formula is C24H31N5O. The van der Waals surface area contributed by atoms with Crippen LogP contribution in [0.2, 0.25) is 0 Å². The SMILES string of the molecule is CC(C)CCC(c1nc2c(CN)cccc2[nH]1)n1c(=O)n(C(C)C)c2ccccc21. The van der Waals surface area contributed by atoms with Gasteiger partial charge in [0.25, 0.3) is 0 Å². The van der Waals surface area contributed by atoms with Gasteiger partial charge < -0.3 is 10.7 Å². The molecule has 6 heteroatoms. The fourth-order valence-electron chi connectivity index (χ4n) is 4.31. The third-order valence-electron chi connectivity index (χ3n) is 5.81. The smallest absolute Gasteiger partial charge is 0.330 e. The number of imidazole rings is 2. The van der Waals surface area contributed by atoms with E-state index in [1.165, 1.54) is 0 Å². The van der Waals surface area contributed by atoms with Crippen LogP contribution in [-0.4, -0.2) is 19.1 Å². The third-order valence-corrected chi connectivity index (χ3v) is 5.81. The molecule has 2 heterocycles. The number of rotatable bonds is 7. The summed E-state index contributed by atoms with van der Waals surface area (Å²) in [5.74, 6) is 1.35. The maximum absolute atomic E-state index is 13.6. The number of aromatic amines is 1. The van der Waals surface area contributed by atoms with Gasteiger partial charge in [0.05, 0.1) is 28.1 Å². The molecule has 0 saturated carbocycles. The number of para-hydroxylation sites is 3. The zero-order valence-electron chi connectivity index (χ0n) is 18.2. The molecule has 0 aliphatic heterocycles. The Hall–Kier alpha value is -2.86. The van der Waals surface area contributed by atoms with Gasteiger partial charge in [-0.05, 0) is 56.4 Å². The van der Waals surface area contributed by atoms with Crippen molar-refractivity contribution in [3.8, 4) is 0 Å². The molecule has 0 saturated heterocycles. The molecular weight excluding hydrogens is 374 g/mol. The van der Waals surface area contributed by atoms with E-state index in [0.717, 1.165) is 46.3 Å². The van der Waals surface area contributed by atoms with Crippen LogP contribution in [0.1, 0.15) is 64.0 Å². The van der Waals surface area contributed by atoms with Gasteiger partial charge in [0, 0.05) is 12.6 Å². The number of hydrogen-bond acceptors (Lipinski definition) is 3. The lowest BCUT2D eigenvalue weighted by atomic mass is 10.0. The number of benzene rings is 2. The van der Waals surface area contributed by atoms with E-state index in [1.807, 2.05) is 51.6 Å². The van der Waals surface area contributed by atoms with E-state index in [9.17, 15) is 4.79 Å². The molecule has 4 aromatic rings. The molecule has 1 atom stereocenters. The Morgan fingerprint density at radius 3 is 2.30 bits per heavy atom. The molecule has 0 aliphatic rings. The van der Waals surface area contributed by atoms with Gasteiger partial charge in [0.15, 0.2) is 0 Å². The summed E-state index contributed by atoms with van der Waals surface area (Å²) in [4.78, 5) is 22.0. The van der Waals surface area contributed by atoms with Gasteiger partial charge in [0.1, 0.15) is 5.82 Å². The summed E-state index contributed by atoms with van der Waals surface area (Å²) in [6.45, 7) is 8.96. The van der Waals surface area contributed by atoms with E-state index in [-0.39, 0.29) is 17.8 Å². The van der Waals surface area contributed by atoms with Crippen molar-refractivity contribution in [1.82, 2.24) is 19.1 Å². The lowest BCUT2D eigenvalue weighted by molar-refractivity contribution is 0.438. The number of nitrogens with two attached hydrogens (primary N) is 1. The Bertz CT molecular complexity index is 1230. The summed E-state index contributed by atoms with van der Waals surface area (Å²) in [6.07, 6.45) is 1.83. The average Bonchev–Trinajstić information content (AvgIpc) is 3.27. The number of nitrogens with zero attached hydrogens (tertiary/aromatic N) is 3. The largest absolute Gasteiger partial charge is 0.340 e. The number of fused-ring (bicyclic) bond motifs is 2. The summed E-state index contributed by atoms with van der Waals surface area (Å²) in [5, 5.41) is 0. The van der Waals surface area contributed by atoms with Crippen LogP contribution in [0, 0.1) is 5.92 Å². The van der Waals surface area contributed by atoms with Gasteiger partial charge >= 0.3 is 5.69 Å². The summed E-state index contributed by atoms with van der Waals surface area (Å²) < 4.78 is 3.81. The summed E-state index contributed by atoms with van der Waals surface area (Å²) in [5.41, 5.74) is 10.7. The maximum Gasteiger partial charge on any atom is 0.330 e. The predicted molar refractivity (Wildman–Crippen MR) is 123 cm³/mol. The molecule has 0 fully saturated rings. The van der Waals surface area contributed by atoms with Crippen molar-refractivity contribution < 1.29 is 0 Å². The van der Waals surface area contributed by atoms with Gasteiger partial charge in [-0.25, -0.2) is 9.78 Å². The molecule has 0 bridgehead atoms. The fraction of sp³-hybridized carbons (Fsp3) is 0.417. The normalized spacial score (nSPS) is 13.2. The second-order valence-electron chi connectivity index (χ2n) is 8.73. The fourth-order valence-corrected chi connectivity index (χ4v) is 4.31. The van der Waals surface area contributed by atoms with Crippen LogP contribution in [0.5, 0.6) is 0 Å². The van der Waals surface area contributed by atoms with E-state index in [2.05, 4.69) is 32.7 Å². The van der Waals surface area contributed by atoms with E-state index < -0.39 is 0 Å². The van der Waals surface area contributed by atoms with E-state index in [4.69, 9.17) is 10.7 Å². The van der Waals surface area contributed by atoms with E-state index >= 15 is 0 Å². The highest BCUT2D eigenvalue weighted by molar-refractivity contribution is 5.79. The van der Waals surface area contributed by atoms with Crippen molar-refractivity contribution in [2.24, 2.45) is 11.7 Å². The molecule has 6 nitrogen and oxygen atoms in total. The molecule has 30 heavy (non-hydrogen) atoms. The number of aromatic nitrogens is 4. The van der Waals surface area contributed by atoms with Crippen LogP contribution in [0.25, 0.3) is 22.1 Å². The Morgan fingerprint density at radius 2 is 1.67 bits per heavy atom. The third kappa shape index (κ3) is 3.45. The van der Waals surface area contributed by atoms with Crippen LogP contribution < -0.4 is 11.4 Å². The molecule has 158 valence electrons. The van der Waals surface area contributed by atoms with Crippen LogP contribution in [0.15, 0.2) is 47.3 Å². The first-order valence-electron chi connectivity index (χ1n) is 10.8. The van der Waals surface area contributed by atoms with Gasteiger partial charge in [0.2, 0.25) is 0 Å². The molecule has 0 radical (unpaired) electrons. The lowest BCUT2D eigenvalue weighted by Crippen LogP contribution is -2.29. The number of H-pyrrole nitrogens is 1. The van der Waals surface area contributed by atoms with E-state index in [0.29, 0.717) is 12.5 Å². The second-order valence-corrected chi connectivity index (χ2v) is 8.73. The van der Waals surface area contributed by atoms with E-state index in [1.54, 1.807) is 0 Å². The van der Waals surface area contributed by atoms with Gasteiger partial charge in [-0.2, -0.15) is 0 Å². The van der Waals surface area contributed by atoms with Crippen molar-refractivity contribution in [2.45, 2.75) is 59.2 Å². The Morgan fingerprint density at radius 1 is 0.967 bits per heavy atom. The van der Waals surface area contributed by atoms with Crippen molar-refractivity contribution in [3.63, 3.8) is 0 Å². The summed E-state index contributed by atoms with van der Waals surface area (Å²) in [6, 6.07) is 14.0. The van der Waals surface area contributed by atoms with Gasteiger partial charge in [-0.15, -0.1) is 0 Å². The monoisotopic (exact) mass is 405 g/mol. The first kappa shape index (κ1) is 20.4. The molecule has 3 N–H and O–H groups in total. The minimum absolute atomic E-state index is 0.0134. The molecule has 2 aromatic heterocycles. The Labute approximate surface area is 176 Å². The second kappa shape index (κ2) is 8.11. The Kier molecular flexibility index (Phi) is 5.52. The zero-order valence-corrected chi connectivity index (χ0v) is 18.2. The first-order valence-corrected chi connectivity index (χ1v) is 10.8. The first-order chi connectivity index (χ1) is 14.4. The van der Waals surface area contributed by atoms with Gasteiger partial charge in [-0.1, -0.05) is 38.1 Å². The molecule has 0 aliphatic carbocycles. The summed E-state index contributed by atoms with van der Waals surface area (Å²) in [7, 11) is 0. The van der Waals surface area contributed by atoms with Crippen molar-refractivity contribution in [2.75, 3.05) is 0 Å². The minimum atomic E-state index is -0.164. The van der Waals surface area contributed by atoms with Crippen molar-refractivity contribution in [3.05, 3.63) is 64.3 Å². The standard InChI is InChI=1S/C24H31N5O/c1-15(2)12-13-21(23-26-18-9-7-8-17(14-25)22(18)27-23)29-20-11-6-5-10-19(20)28(16(3)4)24(29)30/h5-11,15-16,21H,12-14,25H2,1-4H3,(H,26,27). The molecule has 1 unspecified atom stereocenters. The summed E-state index contributed by atoms with van der Waals surface area (Å²) >= 11 is 0. The highest BCUT2D eigenvalue weighted by atomic mass is 16.1. The highest BCUT2D eigenvalue weighted by Crippen LogP contribution is 2.29. The molecule has 4 rings (SSSR count). The van der Waals surface area contributed by atoms with Crippen LogP contribution >= 0.6 is 0 Å². The highest BCUT2D eigenvalue weighted by Gasteiger charge is 2.25. The van der Waals surface area contributed by atoms with Crippen molar-refractivity contribution in [1.29, 1.82) is 0 Å². The average molecular weight is 406 g/mol. The lowest BCUT2D eigenvalue weighted by Gasteiger charge is -2.18. The van der Waals surface area contributed by atoms with Crippen LogP contribution in [0.3, 0.4) is 0 Å². The van der Waals surface area contributed by atoms with Crippen molar-refractivity contribution >= 4 is 22.1 Å². The van der Waals surface area contributed by atoms with Crippen LogP contribution in [-0.2, 0) is 6.54 Å². The molecule has 0 spiro atoms. The molecule has 0 amide bonds. The number of nitrogens with one attached hydrogen (secondary N) is 1. The quantitative estimate of drug-likeness (QED) is 0.466. The van der Waals surface area contributed by atoms with Gasteiger partial charge in [-0.3, -0.25) is 9.13 Å². The molecule has 2 aromatic carbocycles. The zero-order chi connectivity index (χ0) is 21.4. The van der Waals surface area contributed by atoms with Crippen LogP contribution in [0.4, 0.5) is 0 Å². The Balaban J connectivity index is 1.95. The maximum atomic E-state index is 13.6. The predicted octanol–water partition coefficient (Wildman–Crippen LogP) is 4.74. The topological polar surface area (TPSA) is 81.6 Å². The number of hydrogen-bond donors (Lipinski definition) is 2.